The summed E-state index contributed by atoms with van der Waals surface area (Å²) in [6, 6.07) is 1.11. The maximum Gasteiger partial charge on any atom is 0.433 e. The Kier molecular flexibility index (Phi) is 6.62. The van der Waals surface area contributed by atoms with Gasteiger partial charge in [-0.3, -0.25) is 4.79 Å². The molecule has 1 atom stereocenters. The second-order valence-corrected chi connectivity index (χ2v) is 11.7. The van der Waals surface area contributed by atoms with Gasteiger partial charge < -0.3 is 9.88 Å². The van der Waals surface area contributed by atoms with E-state index in [4.69, 9.17) is 0 Å². The van der Waals surface area contributed by atoms with Gasteiger partial charge in [-0.05, 0) is 49.7 Å². The highest BCUT2D eigenvalue weighted by molar-refractivity contribution is 7.91. The van der Waals surface area contributed by atoms with E-state index < -0.39 is 33.7 Å². The van der Waals surface area contributed by atoms with Gasteiger partial charge in [-0.2, -0.15) is 13.2 Å². The molecule has 0 saturated heterocycles. The quantitative estimate of drug-likeness (QED) is 0.639. The van der Waals surface area contributed by atoms with Crippen LogP contribution < -0.4 is 5.32 Å². The zero-order chi connectivity index (χ0) is 24.8. The molecular formula is C21H28F3N5O3S. The van der Waals surface area contributed by atoms with E-state index in [9.17, 15) is 26.4 Å². The van der Waals surface area contributed by atoms with E-state index in [1.54, 1.807) is 0 Å². The van der Waals surface area contributed by atoms with Crippen LogP contribution >= 0.6 is 0 Å². The number of hydrogen-bond donors (Lipinski definition) is 1. The van der Waals surface area contributed by atoms with E-state index in [1.807, 2.05) is 20.8 Å². The molecule has 1 unspecified atom stereocenters. The summed E-state index contributed by atoms with van der Waals surface area (Å²) in [4.78, 5) is 16.5. The van der Waals surface area contributed by atoms with Crippen LogP contribution in [0.2, 0.25) is 0 Å². The lowest BCUT2D eigenvalue weighted by atomic mass is 9.87. The van der Waals surface area contributed by atoms with Crippen LogP contribution in [0.5, 0.6) is 0 Å². The third kappa shape index (κ3) is 6.10. The fourth-order valence-electron chi connectivity index (χ4n) is 3.58. The second kappa shape index (κ2) is 8.69. The number of rotatable bonds is 7. The van der Waals surface area contributed by atoms with Gasteiger partial charge in [-0.25, -0.2) is 13.4 Å². The number of hydrogen-bond acceptors (Lipinski definition) is 6. The first kappa shape index (κ1) is 25.1. The lowest BCUT2D eigenvalue weighted by molar-refractivity contribution is -0.141. The van der Waals surface area contributed by atoms with Crippen LogP contribution in [0.3, 0.4) is 0 Å². The molecule has 2 aromatic heterocycles. The highest BCUT2D eigenvalue weighted by Gasteiger charge is 2.35. The van der Waals surface area contributed by atoms with E-state index in [2.05, 4.69) is 20.5 Å². The van der Waals surface area contributed by atoms with Crippen LogP contribution in [0, 0.1) is 18.3 Å². The molecule has 8 nitrogen and oxygen atoms in total. The average molecular weight is 488 g/mol. The van der Waals surface area contributed by atoms with Crippen molar-refractivity contribution in [2.75, 3.05) is 5.75 Å². The Morgan fingerprint density at radius 1 is 1.21 bits per heavy atom. The van der Waals surface area contributed by atoms with Gasteiger partial charge in [0.1, 0.15) is 5.69 Å². The highest BCUT2D eigenvalue weighted by atomic mass is 32.2. The molecule has 0 bridgehead atoms. The van der Waals surface area contributed by atoms with Gasteiger partial charge in [0.25, 0.3) is 5.91 Å². The molecule has 182 valence electrons. The number of aryl methyl sites for hydroxylation is 1. The number of nitrogens with zero attached hydrogens (tertiary/aromatic N) is 4. The van der Waals surface area contributed by atoms with Gasteiger partial charge in [0, 0.05) is 7.05 Å². The molecule has 3 rings (SSSR count). The smallest absolute Gasteiger partial charge is 0.342 e. The zero-order valence-corrected chi connectivity index (χ0v) is 20.0. The molecule has 33 heavy (non-hydrogen) atoms. The Bertz CT molecular complexity index is 1150. The summed E-state index contributed by atoms with van der Waals surface area (Å²) in [6.07, 6.45) is -2.49. The van der Waals surface area contributed by atoms with Crippen molar-refractivity contribution in [1.82, 2.24) is 25.1 Å². The number of sulfone groups is 1. The Labute approximate surface area is 190 Å². The van der Waals surface area contributed by atoms with E-state index in [1.165, 1.54) is 18.5 Å². The van der Waals surface area contributed by atoms with E-state index >= 15 is 0 Å². The van der Waals surface area contributed by atoms with Gasteiger partial charge in [0.2, 0.25) is 15.0 Å². The van der Waals surface area contributed by atoms with Gasteiger partial charge in [-0.15, -0.1) is 10.2 Å². The van der Waals surface area contributed by atoms with Gasteiger partial charge in [0.05, 0.1) is 23.1 Å². The standard InChI is InChI=1S/C21H28F3N5O3S/c1-12-14(8-9-16(25-12)21(22,23)24)18(30)26-15(10-20(2,3)4)17-27-28-19(29(17)5)33(31,32)11-13-6-7-13/h8-9,13,15H,6-7,10-11H2,1-5H3,(H,26,30). The number of aromatic nitrogens is 4. The Hall–Kier alpha value is -2.50. The largest absolute Gasteiger partial charge is 0.433 e. The number of carbonyl (C=O) groups excluding carboxylic acids is 1. The average Bonchev–Trinajstić information content (AvgIpc) is 3.36. The lowest BCUT2D eigenvalue weighted by Crippen LogP contribution is -2.34. The first-order chi connectivity index (χ1) is 15.1. The van der Waals surface area contributed by atoms with Crippen molar-refractivity contribution in [2.45, 2.75) is 64.3 Å². The van der Waals surface area contributed by atoms with Gasteiger partial charge in [-0.1, -0.05) is 20.8 Å². The predicted molar refractivity (Wildman–Crippen MR) is 114 cm³/mol. The number of alkyl halides is 3. The topological polar surface area (TPSA) is 107 Å². The van der Waals surface area contributed by atoms with E-state index in [0.29, 0.717) is 6.42 Å². The van der Waals surface area contributed by atoms with Crippen LogP contribution in [0.15, 0.2) is 17.3 Å². The number of halogens is 3. The Morgan fingerprint density at radius 2 is 1.85 bits per heavy atom. The number of amides is 1. The Balaban J connectivity index is 1.91. The summed E-state index contributed by atoms with van der Waals surface area (Å²) < 4.78 is 65.5. The number of carbonyl (C=O) groups is 1. The molecule has 1 aliphatic rings. The first-order valence-electron chi connectivity index (χ1n) is 10.6. The summed E-state index contributed by atoms with van der Waals surface area (Å²) >= 11 is 0. The SMILES string of the molecule is Cc1nc(C(F)(F)F)ccc1C(=O)NC(CC(C)(C)C)c1nnc(S(=O)(=O)CC2CC2)n1C. The van der Waals surface area contributed by atoms with Gasteiger partial charge in [0.15, 0.2) is 5.82 Å². The predicted octanol–water partition coefficient (Wildman–Crippen LogP) is 3.63. The van der Waals surface area contributed by atoms with Crippen LogP contribution in [0.4, 0.5) is 13.2 Å². The molecule has 0 spiro atoms. The van der Waals surface area contributed by atoms with E-state index in [0.717, 1.165) is 25.0 Å². The van der Waals surface area contributed by atoms with Crippen molar-refractivity contribution in [3.05, 3.63) is 34.9 Å². The Morgan fingerprint density at radius 3 is 2.36 bits per heavy atom. The summed E-state index contributed by atoms with van der Waals surface area (Å²) in [5, 5.41) is 10.6. The van der Waals surface area contributed by atoms with Crippen LogP contribution in [-0.4, -0.2) is 39.8 Å². The molecule has 0 aromatic carbocycles. The molecular weight excluding hydrogens is 459 g/mol. The van der Waals surface area contributed by atoms with Crippen molar-refractivity contribution >= 4 is 15.7 Å². The second-order valence-electron chi connectivity index (χ2n) is 9.74. The number of pyridine rings is 1. The van der Waals surface area contributed by atoms with Crippen LogP contribution in [0.25, 0.3) is 0 Å². The van der Waals surface area contributed by atoms with Crippen molar-refractivity contribution in [3.8, 4) is 0 Å². The fourth-order valence-corrected chi connectivity index (χ4v) is 5.36. The fraction of sp³-hybridized carbons (Fsp3) is 0.619. The van der Waals surface area contributed by atoms with E-state index in [-0.39, 0.29) is 39.3 Å². The maximum absolute atomic E-state index is 13.0. The van der Waals surface area contributed by atoms with Crippen molar-refractivity contribution < 1.29 is 26.4 Å². The van der Waals surface area contributed by atoms with Crippen molar-refractivity contribution in [3.63, 3.8) is 0 Å². The molecule has 1 saturated carbocycles. The minimum Gasteiger partial charge on any atom is -0.342 e. The molecule has 1 aliphatic carbocycles. The van der Waals surface area contributed by atoms with Crippen molar-refractivity contribution in [1.29, 1.82) is 0 Å². The molecule has 2 heterocycles. The summed E-state index contributed by atoms with van der Waals surface area (Å²) in [5.41, 5.74) is -1.44. The van der Waals surface area contributed by atoms with Crippen LogP contribution in [-0.2, 0) is 23.1 Å². The lowest BCUT2D eigenvalue weighted by Gasteiger charge is -2.26. The maximum atomic E-state index is 13.0. The minimum atomic E-state index is -4.62. The van der Waals surface area contributed by atoms with Gasteiger partial charge >= 0.3 is 6.18 Å². The molecule has 12 heteroatoms. The summed E-state index contributed by atoms with van der Waals surface area (Å²) in [7, 11) is -2.10. The minimum absolute atomic E-state index is 0.00564. The summed E-state index contributed by atoms with van der Waals surface area (Å²) in [6.45, 7) is 7.16. The molecule has 1 amide bonds. The first-order valence-corrected chi connectivity index (χ1v) is 12.2. The molecule has 2 aromatic rings. The van der Waals surface area contributed by atoms with Crippen LogP contribution in [0.1, 0.15) is 73.6 Å². The number of nitrogens with one attached hydrogen (secondary N) is 1. The van der Waals surface area contributed by atoms with Crippen molar-refractivity contribution in [2.24, 2.45) is 18.4 Å². The molecule has 1 fully saturated rings. The third-order valence-electron chi connectivity index (χ3n) is 5.35. The zero-order valence-electron chi connectivity index (χ0n) is 19.2. The normalized spacial score (nSPS) is 16.0. The molecule has 0 radical (unpaired) electrons. The third-order valence-corrected chi connectivity index (χ3v) is 7.18. The molecule has 0 aliphatic heterocycles. The monoisotopic (exact) mass is 487 g/mol. The summed E-state index contributed by atoms with van der Waals surface area (Å²) in [5.74, 6) is -0.236. The highest BCUT2D eigenvalue weighted by Crippen LogP contribution is 2.33. The molecule has 1 N–H and O–H groups in total.